The third-order valence-corrected chi connectivity index (χ3v) is 4.55. The van der Waals surface area contributed by atoms with Crippen LogP contribution in [-0.4, -0.2) is 40.5 Å². The van der Waals surface area contributed by atoms with Crippen LogP contribution >= 0.6 is 0 Å². The molecule has 0 aliphatic carbocycles. The molecule has 6 heteroatoms. The number of aromatic nitrogens is 2. The lowest BCUT2D eigenvalue weighted by atomic mass is 10.0. The molecule has 0 spiro atoms. The van der Waals surface area contributed by atoms with Gasteiger partial charge in [-0.2, -0.15) is 0 Å². The highest BCUT2D eigenvalue weighted by atomic mass is 16.5. The fourth-order valence-electron chi connectivity index (χ4n) is 3.24. The molecule has 2 aromatic rings. The number of carbonyl (C=O) groups excluding carboxylic acids is 1. The van der Waals surface area contributed by atoms with Crippen LogP contribution in [0.2, 0.25) is 0 Å². The number of amides is 1. The Morgan fingerprint density at radius 1 is 1.28 bits per heavy atom. The maximum Gasteiger partial charge on any atom is 0.237 e. The number of methoxy groups -OCH3 is 1. The first-order valence-corrected chi connectivity index (χ1v) is 8.66. The molecule has 0 aromatic carbocycles. The monoisotopic (exact) mass is 340 g/mol. The maximum absolute atomic E-state index is 12.7. The Kier molecular flexibility index (Phi) is 5.95. The van der Waals surface area contributed by atoms with Crippen molar-refractivity contribution in [2.24, 2.45) is 0 Å². The molecule has 3 heterocycles. The van der Waals surface area contributed by atoms with Crippen LogP contribution in [0.25, 0.3) is 0 Å². The number of hydrogen-bond acceptors (Lipinski definition) is 5. The second kappa shape index (κ2) is 8.58. The van der Waals surface area contributed by atoms with Crippen molar-refractivity contribution >= 4 is 5.91 Å². The summed E-state index contributed by atoms with van der Waals surface area (Å²) in [6.45, 7) is 2.14. The van der Waals surface area contributed by atoms with Gasteiger partial charge in [0, 0.05) is 37.2 Å². The molecule has 1 N–H and O–H groups in total. The van der Waals surface area contributed by atoms with Crippen LogP contribution in [0, 0.1) is 0 Å². The van der Waals surface area contributed by atoms with Crippen LogP contribution in [0.15, 0.2) is 42.9 Å². The molecule has 25 heavy (non-hydrogen) atoms. The molecule has 132 valence electrons. The summed E-state index contributed by atoms with van der Waals surface area (Å²) >= 11 is 0. The van der Waals surface area contributed by atoms with Crippen LogP contribution in [0.3, 0.4) is 0 Å². The number of nitrogens with one attached hydrogen (secondary N) is 1. The van der Waals surface area contributed by atoms with Gasteiger partial charge in [-0.1, -0.05) is 12.5 Å². The van der Waals surface area contributed by atoms with Gasteiger partial charge in [-0.05, 0) is 43.1 Å². The van der Waals surface area contributed by atoms with E-state index in [2.05, 4.69) is 20.2 Å². The van der Waals surface area contributed by atoms with Crippen molar-refractivity contribution in [2.75, 3.05) is 13.7 Å². The molecule has 1 atom stereocenters. The number of hydrogen-bond donors (Lipinski definition) is 1. The van der Waals surface area contributed by atoms with Crippen LogP contribution in [0.5, 0.6) is 5.88 Å². The molecule has 1 amide bonds. The lowest BCUT2D eigenvalue weighted by molar-refractivity contribution is -0.128. The van der Waals surface area contributed by atoms with E-state index < -0.39 is 0 Å². The van der Waals surface area contributed by atoms with Crippen LogP contribution in [0.4, 0.5) is 0 Å². The molecule has 3 rings (SSSR count). The Morgan fingerprint density at radius 3 is 2.92 bits per heavy atom. The molecule has 0 radical (unpaired) electrons. The SMILES string of the molecule is COc1ncccc1CNC(=O)[C@H]1CCCCN1Cc1ccncc1. The van der Waals surface area contributed by atoms with Crippen molar-refractivity contribution in [3.8, 4) is 5.88 Å². The summed E-state index contributed by atoms with van der Waals surface area (Å²) < 4.78 is 5.24. The third-order valence-electron chi connectivity index (χ3n) is 4.55. The van der Waals surface area contributed by atoms with Crippen LogP contribution in [-0.2, 0) is 17.9 Å². The van der Waals surface area contributed by atoms with Gasteiger partial charge in [0.25, 0.3) is 0 Å². The van der Waals surface area contributed by atoms with E-state index in [0.29, 0.717) is 12.4 Å². The highest BCUT2D eigenvalue weighted by Gasteiger charge is 2.28. The van der Waals surface area contributed by atoms with Crippen molar-refractivity contribution in [3.63, 3.8) is 0 Å². The number of pyridine rings is 2. The number of nitrogens with zero attached hydrogens (tertiary/aromatic N) is 3. The fraction of sp³-hybridized carbons (Fsp3) is 0.421. The van der Waals surface area contributed by atoms with Gasteiger partial charge in [0.15, 0.2) is 0 Å². The first kappa shape index (κ1) is 17.4. The number of piperidine rings is 1. The van der Waals surface area contributed by atoms with Crippen molar-refractivity contribution in [1.29, 1.82) is 0 Å². The molecule has 1 aliphatic rings. The van der Waals surface area contributed by atoms with Gasteiger partial charge >= 0.3 is 0 Å². The zero-order valence-electron chi connectivity index (χ0n) is 14.5. The standard InChI is InChI=1S/C19H24N4O2/c1-25-19-16(5-4-9-21-19)13-22-18(24)17-6-2-3-12-23(17)14-15-7-10-20-11-8-15/h4-5,7-11,17H,2-3,6,12-14H2,1H3,(H,22,24)/t17-/m1/s1. The van der Waals surface area contributed by atoms with E-state index in [9.17, 15) is 4.79 Å². The minimum atomic E-state index is -0.0930. The molecule has 1 aliphatic heterocycles. The Labute approximate surface area is 148 Å². The molecular formula is C19H24N4O2. The Morgan fingerprint density at radius 2 is 2.12 bits per heavy atom. The first-order chi connectivity index (χ1) is 12.3. The molecule has 2 aromatic heterocycles. The molecule has 0 unspecified atom stereocenters. The van der Waals surface area contributed by atoms with Gasteiger partial charge in [0.2, 0.25) is 11.8 Å². The summed E-state index contributed by atoms with van der Waals surface area (Å²) in [6, 6.07) is 7.68. The predicted molar refractivity (Wildman–Crippen MR) is 94.9 cm³/mol. The lowest BCUT2D eigenvalue weighted by Gasteiger charge is -2.34. The smallest absolute Gasteiger partial charge is 0.237 e. The number of carbonyl (C=O) groups is 1. The summed E-state index contributed by atoms with van der Waals surface area (Å²) in [6.07, 6.45) is 8.38. The van der Waals surface area contributed by atoms with Gasteiger partial charge in [-0.25, -0.2) is 4.98 Å². The number of likely N-dealkylation sites (tertiary alicyclic amines) is 1. The van der Waals surface area contributed by atoms with Gasteiger partial charge in [0.05, 0.1) is 13.2 Å². The highest BCUT2D eigenvalue weighted by Crippen LogP contribution is 2.20. The van der Waals surface area contributed by atoms with Crippen molar-refractivity contribution < 1.29 is 9.53 Å². The zero-order chi connectivity index (χ0) is 17.5. The maximum atomic E-state index is 12.7. The van der Waals surface area contributed by atoms with E-state index in [-0.39, 0.29) is 11.9 Å². The first-order valence-electron chi connectivity index (χ1n) is 8.66. The third kappa shape index (κ3) is 4.54. The lowest BCUT2D eigenvalue weighted by Crippen LogP contribution is -2.48. The molecule has 6 nitrogen and oxygen atoms in total. The van der Waals surface area contributed by atoms with E-state index in [1.54, 1.807) is 25.7 Å². The Balaban J connectivity index is 1.62. The average Bonchev–Trinajstić information content (AvgIpc) is 2.67. The number of rotatable bonds is 6. The minimum absolute atomic E-state index is 0.0691. The summed E-state index contributed by atoms with van der Waals surface area (Å²) in [5.74, 6) is 0.625. The molecule has 0 saturated carbocycles. The second-order valence-corrected chi connectivity index (χ2v) is 6.23. The Hall–Kier alpha value is -2.47. The van der Waals surface area contributed by atoms with E-state index >= 15 is 0 Å². The normalized spacial score (nSPS) is 17.9. The van der Waals surface area contributed by atoms with E-state index in [1.165, 1.54) is 5.56 Å². The molecule has 1 saturated heterocycles. The predicted octanol–water partition coefficient (Wildman–Crippen LogP) is 2.16. The van der Waals surface area contributed by atoms with Gasteiger partial charge in [-0.15, -0.1) is 0 Å². The summed E-state index contributed by atoms with van der Waals surface area (Å²) in [4.78, 5) is 23.2. The summed E-state index contributed by atoms with van der Waals surface area (Å²) in [5.41, 5.74) is 2.07. The quantitative estimate of drug-likeness (QED) is 0.873. The van der Waals surface area contributed by atoms with E-state index in [1.807, 2.05) is 24.3 Å². The number of ether oxygens (including phenoxy) is 1. The van der Waals surface area contributed by atoms with E-state index in [0.717, 1.165) is 37.9 Å². The average molecular weight is 340 g/mol. The van der Waals surface area contributed by atoms with Crippen LogP contribution < -0.4 is 10.1 Å². The zero-order valence-corrected chi connectivity index (χ0v) is 14.5. The summed E-state index contributed by atoms with van der Waals surface area (Å²) in [7, 11) is 1.59. The minimum Gasteiger partial charge on any atom is -0.481 e. The second-order valence-electron chi connectivity index (χ2n) is 6.23. The van der Waals surface area contributed by atoms with Crippen molar-refractivity contribution in [1.82, 2.24) is 20.2 Å². The molecule has 1 fully saturated rings. The van der Waals surface area contributed by atoms with Crippen molar-refractivity contribution in [2.45, 2.75) is 38.4 Å². The van der Waals surface area contributed by atoms with Gasteiger partial charge in [0.1, 0.15) is 0 Å². The molecular weight excluding hydrogens is 316 g/mol. The van der Waals surface area contributed by atoms with Gasteiger partial charge < -0.3 is 10.1 Å². The van der Waals surface area contributed by atoms with Crippen LogP contribution in [0.1, 0.15) is 30.4 Å². The Bertz CT molecular complexity index is 693. The van der Waals surface area contributed by atoms with Gasteiger partial charge in [-0.3, -0.25) is 14.7 Å². The topological polar surface area (TPSA) is 67.3 Å². The molecule has 0 bridgehead atoms. The van der Waals surface area contributed by atoms with Crippen molar-refractivity contribution in [3.05, 3.63) is 54.0 Å². The van der Waals surface area contributed by atoms with E-state index in [4.69, 9.17) is 4.74 Å². The highest BCUT2D eigenvalue weighted by molar-refractivity contribution is 5.81. The summed E-state index contributed by atoms with van der Waals surface area (Å²) in [5, 5.41) is 3.05. The fourth-order valence-corrected chi connectivity index (χ4v) is 3.24. The largest absolute Gasteiger partial charge is 0.481 e.